The molecular weight excluding hydrogens is 350 g/mol. The van der Waals surface area contributed by atoms with Gasteiger partial charge in [0.05, 0.1) is 5.75 Å². The minimum Gasteiger partial charge on any atom is -0.212 e. The highest BCUT2D eigenvalue weighted by atomic mass is 32.2. The van der Waals surface area contributed by atoms with Crippen molar-refractivity contribution in [2.24, 2.45) is 0 Å². The van der Waals surface area contributed by atoms with Crippen LogP contribution in [0, 0.1) is 13.8 Å². The first kappa shape index (κ1) is 22.7. The van der Waals surface area contributed by atoms with Crippen molar-refractivity contribution < 1.29 is 8.42 Å². The van der Waals surface area contributed by atoms with E-state index in [-0.39, 0.29) is 5.75 Å². The summed E-state index contributed by atoms with van der Waals surface area (Å²) in [6, 6.07) is 2.13. The first-order chi connectivity index (χ1) is 11.9. The zero-order valence-electron chi connectivity index (χ0n) is 16.6. The van der Waals surface area contributed by atoms with Crippen LogP contribution in [-0.2, 0) is 16.4 Å². The zero-order valence-corrected chi connectivity index (χ0v) is 18.3. The van der Waals surface area contributed by atoms with E-state index < -0.39 is 10.0 Å². The molecule has 0 aromatic carbocycles. The fraction of sp³-hybridized carbons (Fsp3) is 0.800. The van der Waals surface area contributed by atoms with Gasteiger partial charge in [-0.2, -0.15) is 0 Å². The van der Waals surface area contributed by atoms with Crippen LogP contribution in [0.4, 0.5) is 0 Å². The van der Waals surface area contributed by atoms with Gasteiger partial charge in [0.25, 0.3) is 0 Å². The van der Waals surface area contributed by atoms with E-state index in [1.54, 1.807) is 15.6 Å². The number of aryl methyl sites for hydroxylation is 3. The molecule has 0 spiro atoms. The second-order valence-corrected chi connectivity index (χ2v) is 10.5. The number of unbranched alkanes of at least 4 members (excludes halogenated alkanes) is 7. The lowest BCUT2D eigenvalue weighted by Crippen LogP contribution is -2.34. The minimum absolute atomic E-state index is 0.231. The lowest BCUT2D eigenvalue weighted by Gasteiger charge is -2.20. The van der Waals surface area contributed by atoms with Gasteiger partial charge in [0.1, 0.15) is 0 Å². The van der Waals surface area contributed by atoms with Crippen LogP contribution in [0.3, 0.4) is 0 Å². The van der Waals surface area contributed by atoms with Crippen molar-refractivity contribution in [3.05, 3.63) is 21.4 Å². The summed E-state index contributed by atoms with van der Waals surface area (Å²) in [6.45, 7) is 9.60. The maximum absolute atomic E-state index is 12.6. The van der Waals surface area contributed by atoms with Gasteiger partial charge < -0.3 is 0 Å². The highest BCUT2D eigenvalue weighted by Crippen LogP contribution is 2.22. The standard InChI is InChI=1S/C20H37NO2S2/c1-5-7-8-9-10-11-12-13-15-21(6-2)25(22,23)16-14-20-17-18(3)24-19(20)4/h17H,5-16H2,1-4H3. The van der Waals surface area contributed by atoms with E-state index in [1.165, 1.54) is 53.8 Å². The van der Waals surface area contributed by atoms with Crippen LogP contribution in [0.2, 0.25) is 0 Å². The van der Waals surface area contributed by atoms with E-state index in [1.807, 2.05) is 6.92 Å². The highest BCUT2D eigenvalue weighted by Gasteiger charge is 2.20. The van der Waals surface area contributed by atoms with Gasteiger partial charge in [0.2, 0.25) is 10.0 Å². The van der Waals surface area contributed by atoms with Crippen LogP contribution in [-0.4, -0.2) is 31.6 Å². The average molecular weight is 388 g/mol. The van der Waals surface area contributed by atoms with Gasteiger partial charge in [0.15, 0.2) is 0 Å². The Hall–Kier alpha value is -0.390. The topological polar surface area (TPSA) is 37.4 Å². The van der Waals surface area contributed by atoms with Crippen molar-refractivity contribution in [3.63, 3.8) is 0 Å². The first-order valence-corrected chi connectivity index (χ1v) is 12.4. The lowest BCUT2D eigenvalue weighted by molar-refractivity contribution is 0.410. The monoisotopic (exact) mass is 387 g/mol. The predicted octanol–water partition coefficient (Wildman–Crippen LogP) is 5.70. The quantitative estimate of drug-likeness (QED) is 0.384. The van der Waals surface area contributed by atoms with Crippen LogP contribution in [0.15, 0.2) is 6.07 Å². The van der Waals surface area contributed by atoms with Crippen molar-refractivity contribution in [1.29, 1.82) is 0 Å². The summed E-state index contributed by atoms with van der Waals surface area (Å²) >= 11 is 1.75. The Morgan fingerprint density at radius 2 is 1.56 bits per heavy atom. The summed E-state index contributed by atoms with van der Waals surface area (Å²) in [5.41, 5.74) is 1.19. The molecule has 5 heteroatoms. The van der Waals surface area contributed by atoms with Crippen LogP contribution in [0.5, 0.6) is 0 Å². The molecule has 0 aliphatic heterocycles. The lowest BCUT2D eigenvalue weighted by atomic mass is 10.1. The summed E-state index contributed by atoms with van der Waals surface area (Å²) in [7, 11) is -3.14. The summed E-state index contributed by atoms with van der Waals surface area (Å²) in [5.74, 6) is 0.231. The number of nitrogens with zero attached hydrogens (tertiary/aromatic N) is 1. The number of thiophene rings is 1. The van der Waals surface area contributed by atoms with E-state index in [0.717, 1.165) is 12.8 Å². The maximum Gasteiger partial charge on any atom is 0.214 e. The fourth-order valence-electron chi connectivity index (χ4n) is 3.22. The van der Waals surface area contributed by atoms with Gasteiger partial charge >= 0.3 is 0 Å². The van der Waals surface area contributed by atoms with Crippen molar-refractivity contribution in [2.45, 2.75) is 85.5 Å². The third kappa shape index (κ3) is 8.69. The van der Waals surface area contributed by atoms with Gasteiger partial charge in [-0.1, -0.05) is 58.8 Å². The van der Waals surface area contributed by atoms with Gasteiger partial charge in [0, 0.05) is 22.8 Å². The fourth-order valence-corrected chi connectivity index (χ4v) is 5.73. The average Bonchev–Trinajstić information content (AvgIpc) is 2.89. The Kier molecular flexibility index (Phi) is 10.9. The van der Waals surface area contributed by atoms with Crippen molar-refractivity contribution >= 4 is 21.4 Å². The van der Waals surface area contributed by atoms with Gasteiger partial charge in [-0.15, -0.1) is 11.3 Å². The second-order valence-electron chi connectivity index (χ2n) is 6.97. The van der Waals surface area contributed by atoms with Crippen molar-refractivity contribution in [3.8, 4) is 0 Å². The molecular formula is C20H37NO2S2. The molecule has 25 heavy (non-hydrogen) atoms. The minimum atomic E-state index is -3.14. The normalized spacial score (nSPS) is 12.2. The molecule has 0 N–H and O–H groups in total. The molecule has 0 amide bonds. The number of sulfonamides is 1. The van der Waals surface area contributed by atoms with Crippen LogP contribution in [0.25, 0.3) is 0 Å². The number of rotatable bonds is 14. The molecule has 1 heterocycles. The van der Waals surface area contributed by atoms with E-state index in [0.29, 0.717) is 19.5 Å². The van der Waals surface area contributed by atoms with E-state index in [2.05, 4.69) is 26.8 Å². The number of hydrogen-bond donors (Lipinski definition) is 0. The summed E-state index contributed by atoms with van der Waals surface area (Å²) in [6.07, 6.45) is 10.6. The van der Waals surface area contributed by atoms with Gasteiger partial charge in [-0.25, -0.2) is 12.7 Å². The van der Waals surface area contributed by atoms with Crippen LogP contribution >= 0.6 is 11.3 Å². The van der Waals surface area contributed by atoms with Crippen molar-refractivity contribution in [1.82, 2.24) is 4.31 Å². The smallest absolute Gasteiger partial charge is 0.212 e. The van der Waals surface area contributed by atoms with E-state index in [9.17, 15) is 8.42 Å². The van der Waals surface area contributed by atoms with Crippen LogP contribution in [0.1, 0.15) is 80.5 Å². The molecule has 0 radical (unpaired) electrons. The van der Waals surface area contributed by atoms with Crippen LogP contribution < -0.4 is 0 Å². The Bertz CT molecular complexity index is 579. The second kappa shape index (κ2) is 12.1. The largest absolute Gasteiger partial charge is 0.214 e. The zero-order chi connectivity index (χ0) is 18.7. The first-order valence-electron chi connectivity index (χ1n) is 9.94. The Labute approximate surface area is 159 Å². The molecule has 3 nitrogen and oxygen atoms in total. The van der Waals surface area contributed by atoms with E-state index >= 15 is 0 Å². The third-order valence-corrected chi connectivity index (χ3v) is 7.74. The molecule has 0 atom stereocenters. The van der Waals surface area contributed by atoms with Gasteiger partial charge in [-0.05, 0) is 38.3 Å². The molecule has 0 aliphatic carbocycles. The predicted molar refractivity (Wildman–Crippen MR) is 111 cm³/mol. The molecule has 146 valence electrons. The maximum atomic E-state index is 12.6. The number of hydrogen-bond acceptors (Lipinski definition) is 3. The third-order valence-electron chi connectivity index (χ3n) is 4.78. The highest BCUT2D eigenvalue weighted by molar-refractivity contribution is 7.89. The SMILES string of the molecule is CCCCCCCCCCN(CC)S(=O)(=O)CCc1cc(C)sc1C. The summed E-state index contributed by atoms with van der Waals surface area (Å²) < 4.78 is 26.9. The Morgan fingerprint density at radius 3 is 2.08 bits per heavy atom. The molecule has 0 unspecified atom stereocenters. The Balaban J connectivity index is 2.32. The summed E-state index contributed by atoms with van der Waals surface area (Å²) in [4.78, 5) is 2.51. The molecule has 0 saturated carbocycles. The molecule has 1 aromatic heterocycles. The molecule has 0 saturated heterocycles. The van der Waals surface area contributed by atoms with Gasteiger partial charge in [-0.3, -0.25) is 0 Å². The molecule has 0 aliphatic rings. The molecule has 1 aromatic rings. The molecule has 0 fully saturated rings. The Morgan fingerprint density at radius 1 is 0.960 bits per heavy atom. The molecule has 0 bridgehead atoms. The van der Waals surface area contributed by atoms with Crippen molar-refractivity contribution in [2.75, 3.05) is 18.8 Å². The van der Waals surface area contributed by atoms with E-state index in [4.69, 9.17) is 0 Å². The summed E-state index contributed by atoms with van der Waals surface area (Å²) in [5, 5.41) is 0. The molecule has 1 rings (SSSR count).